The molecule has 1 rings (SSSR count). The molecule has 4 N–H and O–H groups in total. The third-order valence-electron chi connectivity index (χ3n) is 2.96. The van der Waals surface area contributed by atoms with Crippen molar-refractivity contribution in [3.8, 4) is 0 Å². The second-order valence-electron chi connectivity index (χ2n) is 4.69. The summed E-state index contributed by atoms with van der Waals surface area (Å²) in [4.78, 5) is 22.0. The number of amides is 1. The van der Waals surface area contributed by atoms with Gasteiger partial charge >= 0.3 is 5.97 Å². The number of anilines is 1. The molecule has 0 heterocycles. The van der Waals surface area contributed by atoms with Crippen LogP contribution in [-0.4, -0.2) is 48.8 Å². The third kappa shape index (κ3) is 4.43. The molecule has 1 aromatic rings. The van der Waals surface area contributed by atoms with Crippen molar-refractivity contribution < 1.29 is 23.1 Å². The number of rotatable bonds is 7. The van der Waals surface area contributed by atoms with E-state index in [1.165, 1.54) is 38.1 Å². The summed E-state index contributed by atoms with van der Waals surface area (Å²) in [7, 11) is -4.04. The highest BCUT2D eigenvalue weighted by Gasteiger charge is 2.32. The maximum absolute atomic E-state index is 12.6. The van der Waals surface area contributed by atoms with Crippen LogP contribution in [-0.2, 0) is 19.6 Å². The summed E-state index contributed by atoms with van der Waals surface area (Å²) in [5.74, 6) is -1.61. The average Bonchev–Trinajstić information content (AvgIpc) is 2.42. The Morgan fingerprint density at radius 3 is 2.55 bits per heavy atom. The molecule has 1 aromatic carbocycles. The number of carboxylic acids is 1. The average molecular weight is 329 g/mol. The monoisotopic (exact) mass is 329 g/mol. The van der Waals surface area contributed by atoms with Gasteiger partial charge in [0, 0.05) is 25.7 Å². The van der Waals surface area contributed by atoms with Crippen LogP contribution in [0.25, 0.3) is 0 Å². The Bertz CT molecular complexity index is 659. The van der Waals surface area contributed by atoms with Gasteiger partial charge in [-0.2, -0.15) is 4.31 Å². The Hall–Kier alpha value is -2.13. The Morgan fingerprint density at radius 1 is 1.41 bits per heavy atom. The van der Waals surface area contributed by atoms with Crippen LogP contribution < -0.4 is 11.1 Å². The zero-order chi connectivity index (χ0) is 16.9. The molecule has 0 aliphatic carbocycles. The molecule has 0 radical (unpaired) electrons. The van der Waals surface area contributed by atoms with Crippen molar-refractivity contribution in [1.82, 2.24) is 9.62 Å². The van der Waals surface area contributed by atoms with Gasteiger partial charge in [-0.25, -0.2) is 8.42 Å². The first-order chi connectivity index (χ1) is 10.2. The minimum Gasteiger partial charge on any atom is -0.480 e. The molecule has 1 atom stereocenters. The topological polar surface area (TPSA) is 130 Å². The molecule has 122 valence electrons. The molecule has 0 aromatic heterocycles. The van der Waals surface area contributed by atoms with Crippen LogP contribution in [0.15, 0.2) is 29.2 Å². The van der Waals surface area contributed by atoms with Gasteiger partial charge in [0.25, 0.3) is 0 Å². The third-order valence-corrected chi connectivity index (χ3v) is 4.93. The van der Waals surface area contributed by atoms with E-state index in [1.54, 1.807) is 0 Å². The smallest absolute Gasteiger partial charge is 0.321 e. The van der Waals surface area contributed by atoms with Gasteiger partial charge in [-0.1, -0.05) is 6.07 Å². The largest absolute Gasteiger partial charge is 0.480 e. The van der Waals surface area contributed by atoms with E-state index in [4.69, 9.17) is 10.8 Å². The molecule has 9 heteroatoms. The highest BCUT2D eigenvalue weighted by Crippen LogP contribution is 2.20. The highest BCUT2D eigenvalue weighted by atomic mass is 32.2. The lowest BCUT2D eigenvalue weighted by molar-refractivity contribution is -0.140. The Labute approximate surface area is 129 Å². The van der Waals surface area contributed by atoms with E-state index in [-0.39, 0.29) is 29.6 Å². The lowest BCUT2D eigenvalue weighted by Gasteiger charge is -2.25. The van der Waals surface area contributed by atoms with E-state index in [1.807, 2.05) is 0 Å². The lowest BCUT2D eigenvalue weighted by Crippen LogP contribution is -2.46. The number of sulfonamides is 1. The number of nitrogens with one attached hydrogen (secondary N) is 1. The zero-order valence-corrected chi connectivity index (χ0v) is 13.1. The van der Waals surface area contributed by atoms with Crippen LogP contribution in [0.4, 0.5) is 5.69 Å². The molecule has 0 fully saturated rings. The fourth-order valence-electron chi connectivity index (χ4n) is 1.80. The molecule has 0 saturated heterocycles. The molecule has 0 aliphatic rings. The normalized spacial score (nSPS) is 12.9. The fraction of sp³-hybridized carbons (Fsp3) is 0.385. The van der Waals surface area contributed by atoms with Crippen molar-refractivity contribution in [1.29, 1.82) is 0 Å². The SMILES string of the molecule is CC(=O)NCCN(C(C)C(=O)O)S(=O)(=O)c1cccc(N)c1. The summed E-state index contributed by atoms with van der Waals surface area (Å²) in [5.41, 5.74) is 5.83. The first-order valence-corrected chi connectivity index (χ1v) is 7.95. The number of aliphatic carboxylic acids is 1. The minimum absolute atomic E-state index is 0.00843. The number of carboxylic acid groups (broad SMARTS) is 1. The molecule has 1 unspecified atom stereocenters. The predicted octanol–water partition coefficient (Wildman–Crippen LogP) is -0.131. The molecule has 0 spiro atoms. The molecule has 1 amide bonds. The molecule has 22 heavy (non-hydrogen) atoms. The zero-order valence-electron chi connectivity index (χ0n) is 12.3. The van der Waals surface area contributed by atoms with Crippen LogP contribution in [0.3, 0.4) is 0 Å². The molecule has 0 aliphatic heterocycles. The summed E-state index contributed by atoms with van der Waals surface area (Å²) in [5, 5.41) is 11.5. The van der Waals surface area contributed by atoms with Crippen molar-refractivity contribution in [2.24, 2.45) is 0 Å². The van der Waals surface area contributed by atoms with E-state index in [2.05, 4.69) is 5.32 Å². The maximum Gasteiger partial charge on any atom is 0.321 e. The second-order valence-corrected chi connectivity index (χ2v) is 6.58. The van der Waals surface area contributed by atoms with Crippen molar-refractivity contribution in [3.05, 3.63) is 24.3 Å². The van der Waals surface area contributed by atoms with Crippen LogP contribution in [0, 0.1) is 0 Å². The van der Waals surface area contributed by atoms with Crippen molar-refractivity contribution in [3.63, 3.8) is 0 Å². The Morgan fingerprint density at radius 2 is 2.05 bits per heavy atom. The Balaban J connectivity index is 3.12. The number of carbonyl (C=O) groups excluding carboxylic acids is 1. The van der Waals surface area contributed by atoms with Gasteiger partial charge in [0.15, 0.2) is 0 Å². The quantitative estimate of drug-likeness (QED) is 0.597. The van der Waals surface area contributed by atoms with Gasteiger partial charge in [0.05, 0.1) is 4.90 Å². The molecular weight excluding hydrogens is 310 g/mol. The van der Waals surface area contributed by atoms with Crippen molar-refractivity contribution >= 4 is 27.6 Å². The number of nitrogens with zero attached hydrogens (tertiary/aromatic N) is 1. The number of benzene rings is 1. The van der Waals surface area contributed by atoms with E-state index in [9.17, 15) is 18.0 Å². The van der Waals surface area contributed by atoms with Gasteiger partial charge in [0.2, 0.25) is 15.9 Å². The van der Waals surface area contributed by atoms with Crippen LogP contribution >= 0.6 is 0 Å². The number of nitrogen functional groups attached to an aromatic ring is 1. The molecule has 8 nitrogen and oxygen atoms in total. The van der Waals surface area contributed by atoms with Gasteiger partial charge in [-0.05, 0) is 25.1 Å². The first-order valence-electron chi connectivity index (χ1n) is 6.51. The van der Waals surface area contributed by atoms with E-state index < -0.39 is 22.0 Å². The standard InChI is InChI=1S/C13H19N3O5S/c1-9(13(18)19)16(7-6-15-10(2)17)22(20,21)12-5-3-4-11(14)8-12/h3-5,8-9H,6-7,14H2,1-2H3,(H,15,17)(H,18,19). The van der Waals surface area contributed by atoms with Crippen molar-refractivity contribution in [2.75, 3.05) is 18.8 Å². The first kappa shape index (κ1) is 17.9. The lowest BCUT2D eigenvalue weighted by atomic mass is 10.3. The summed E-state index contributed by atoms with van der Waals surface area (Å²) in [6, 6.07) is 4.32. The highest BCUT2D eigenvalue weighted by molar-refractivity contribution is 7.89. The maximum atomic E-state index is 12.6. The second kappa shape index (κ2) is 7.23. The summed E-state index contributed by atoms with van der Waals surface area (Å²) in [6.45, 7) is 2.40. The summed E-state index contributed by atoms with van der Waals surface area (Å²) in [6.07, 6.45) is 0. The molecule has 0 bridgehead atoms. The Kier molecular flexibility index (Phi) is 5.89. The minimum atomic E-state index is -4.04. The van der Waals surface area contributed by atoms with E-state index in [0.29, 0.717) is 0 Å². The fourth-order valence-corrected chi connectivity index (χ4v) is 3.44. The van der Waals surface area contributed by atoms with Crippen molar-refractivity contribution in [2.45, 2.75) is 24.8 Å². The van der Waals surface area contributed by atoms with Gasteiger partial charge in [0.1, 0.15) is 6.04 Å². The van der Waals surface area contributed by atoms with Crippen LogP contribution in [0.1, 0.15) is 13.8 Å². The number of hydrogen-bond acceptors (Lipinski definition) is 5. The molecule has 0 saturated carbocycles. The predicted molar refractivity (Wildman–Crippen MR) is 80.5 cm³/mol. The van der Waals surface area contributed by atoms with E-state index >= 15 is 0 Å². The number of hydrogen-bond donors (Lipinski definition) is 3. The summed E-state index contributed by atoms with van der Waals surface area (Å²) >= 11 is 0. The van der Waals surface area contributed by atoms with Gasteiger partial charge < -0.3 is 16.2 Å². The van der Waals surface area contributed by atoms with Gasteiger partial charge in [-0.3, -0.25) is 9.59 Å². The number of nitrogens with two attached hydrogens (primary N) is 1. The summed E-state index contributed by atoms with van der Waals surface area (Å²) < 4.78 is 26.0. The van der Waals surface area contributed by atoms with E-state index in [0.717, 1.165) is 4.31 Å². The number of carbonyl (C=O) groups is 2. The van der Waals surface area contributed by atoms with Gasteiger partial charge in [-0.15, -0.1) is 0 Å². The van der Waals surface area contributed by atoms with Crippen LogP contribution in [0.2, 0.25) is 0 Å². The van der Waals surface area contributed by atoms with Crippen LogP contribution in [0.5, 0.6) is 0 Å². The molecular formula is C13H19N3O5S.